The molecule has 0 bridgehead atoms. The molecule has 0 aromatic carbocycles. The SMILES string of the molecule is CCC(C)N1CCc2cn[nH]c2C1. The lowest BCUT2D eigenvalue weighted by Crippen LogP contribution is -2.37. The Morgan fingerprint density at radius 3 is 3.31 bits per heavy atom. The van der Waals surface area contributed by atoms with Crippen molar-refractivity contribution in [3.8, 4) is 0 Å². The first-order chi connectivity index (χ1) is 6.31. The third-order valence-electron chi connectivity index (χ3n) is 3.05. The number of aromatic amines is 1. The molecule has 1 atom stereocenters. The monoisotopic (exact) mass is 179 g/mol. The molecule has 0 saturated heterocycles. The van der Waals surface area contributed by atoms with Crippen molar-refractivity contribution >= 4 is 0 Å². The fraction of sp³-hybridized carbons (Fsp3) is 0.700. The maximum absolute atomic E-state index is 4.07. The third-order valence-corrected chi connectivity index (χ3v) is 3.05. The Hall–Kier alpha value is -0.830. The fourth-order valence-corrected chi connectivity index (χ4v) is 1.87. The van der Waals surface area contributed by atoms with E-state index in [2.05, 4.69) is 28.9 Å². The molecule has 0 amide bonds. The van der Waals surface area contributed by atoms with Crippen LogP contribution in [0.4, 0.5) is 0 Å². The Kier molecular flexibility index (Phi) is 2.36. The lowest BCUT2D eigenvalue weighted by molar-refractivity contribution is 0.184. The number of rotatable bonds is 2. The van der Waals surface area contributed by atoms with Crippen LogP contribution < -0.4 is 0 Å². The van der Waals surface area contributed by atoms with Crippen molar-refractivity contribution in [2.24, 2.45) is 0 Å². The fourth-order valence-electron chi connectivity index (χ4n) is 1.87. The van der Waals surface area contributed by atoms with Crippen LogP contribution in [0.15, 0.2) is 6.20 Å². The van der Waals surface area contributed by atoms with Gasteiger partial charge in [0.05, 0.1) is 11.9 Å². The molecule has 72 valence electrons. The van der Waals surface area contributed by atoms with Gasteiger partial charge in [-0.3, -0.25) is 10.00 Å². The van der Waals surface area contributed by atoms with E-state index >= 15 is 0 Å². The summed E-state index contributed by atoms with van der Waals surface area (Å²) in [6, 6.07) is 0.691. The third kappa shape index (κ3) is 1.61. The highest BCUT2D eigenvalue weighted by Gasteiger charge is 2.20. The summed E-state index contributed by atoms with van der Waals surface area (Å²) in [6.07, 6.45) is 4.34. The van der Waals surface area contributed by atoms with Crippen LogP contribution >= 0.6 is 0 Å². The summed E-state index contributed by atoms with van der Waals surface area (Å²) >= 11 is 0. The second-order valence-electron chi connectivity index (χ2n) is 3.85. The first-order valence-electron chi connectivity index (χ1n) is 5.06. The zero-order valence-electron chi connectivity index (χ0n) is 8.38. The normalized spacial score (nSPS) is 19.8. The van der Waals surface area contributed by atoms with E-state index in [9.17, 15) is 0 Å². The van der Waals surface area contributed by atoms with Crippen LogP contribution in [0.2, 0.25) is 0 Å². The van der Waals surface area contributed by atoms with Gasteiger partial charge in [0.15, 0.2) is 0 Å². The van der Waals surface area contributed by atoms with Crippen LogP contribution in [0.3, 0.4) is 0 Å². The lowest BCUT2D eigenvalue weighted by Gasteiger charge is -2.31. The van der Waals surface area contributed by atoms with E-state index in [-0.39, 0.29) is 0 Å². The molecule has 1 aromatic heterocycles. The molecule has 0 radical (unpaired) electrons. The Bertz CT molecular complexity index is 279. The average molecular weight is 179 g/mol. The largest absolute Gasteiger partial charge is 0.295 e. The van der Waals surface area contributed by atoms with Crippen molar-refractivity contribution in [2.45, 2.75) is 39.3 Å². The van der Waals surface area contributed by atoms with Crippen molar-refractivity contribution in [1.29, 1.82) is 0 Å². The number of nitrogens with zero attached hydrogens (tertiary/aromatic N) is 2. The molecule has 2 rings (SSSR count). The molecule has 0 saturated carbocycles. The maximum atomic E-state index is 4.07. The summed E-state index contributed by atoms with van der Waals surface area (Å²) in [7, 11) is 0. The molecule has 1 aliphatic heterocycles. The Morgan fingerprint density at radius 1 is 1.69 bits per heavy atom. The smallest absolute Gasteiger partial charge is 0.0524 e. The van der Waals surface area contributed by atoms with Gasteiger partial charge >= 0.3 is 0 Å². The quantitative estimate of drug-likeness (QED) is 0.747. The molecular weight excluding hydrogens is 162 g/mol. The zero-order chi connectivity index (χ0) is 9.26. The van der Waals surface area contributed by atoms with Gasteiger partial charge in [0.25, 0.3) is 0 Å². The number of hydrogen-bond acceptors (Lipinski definition) is 2. The van der Waals surface area contributed by atoms with Crippen LogP contribution in [0.25, 0.3) is 0 Å². The minimum Gasteiger partial charge on any atom is -0.295 e. The lowest BCUT2D eigenvalue weighted by atomic mass is 10.1. The van der Waals surface area contributed by atoms with Crippen molar-refractivity contribution in [3.05, 3.63) is 17.5 Å². The summed E-state index contributed by atoms with van der Waals surface area (Å²) in [4.78, 5) is 2.51. The molecule has 3 nitrogen and oxygen atoms in total. The predicted octanol–water partition coefficient (Wildman–Crippen LogP) is 1.57. The van der Waals surface area contributed by atoms with E-state index in [0.29, 0.717) is 6.04 Å². The molecule has 0 aliphatic carbocycles. The molecule has 3 heteroatoms. The van der Waals surface area contributed by atoms with Gasteiger partial charge in [-0.25, -0.2) is 0 Å². The van der Waals surface area contributed by atoms with Crippen molar-refractivity contribution < 1.29 is 0 Å². The minimum atomic E-state index is 0.691. The van der Waals surface area contributed by atoms with E-state index in [0.717, 1.165) is 13.0 Å². The number of nitrogens with one attached hydrogen (secondary N) is 1. The molecule has 1 aromatic rings. The summed E-state index contributed by atoms with van der Waals surface area (Å²) in [5.41, 5.74) is 2.71. The van der Waals surface area contributed by atoms with Crippen molar-refractivity contribution in [2.75, 3.05) is 6.54 Å². The zero-order valence-corrected chi connectivity index (χ0v) is 8.38. The second kappa shape index (κ2) is 3.50. The molecule has 1 N–H and O–H groups in total. The Labute approximate surface area is 79.1 Å². The van der Waals surface area contributed by atoms with Gasteiger partial charge in [-0.1, -0.05) is 6.92 Å². The first kappa shape index (κ1) is 8.75. The summed E-state index contributed by atoms with van der Waals surface area (Å²) < 4.78 is 0. The predicted molar refractivity (Wildman–Crippen MR) is 52.5 cm³/mol. The highest BCUT2D eigenvalue weighted by Crippen LogP contribution is 2.18. The molecule has 2 heterocycles. The summed E-state index contributed by atoms with van der Waals surface area (Å²) in [6.45, 7) is 6.76. The topological polar surface area (TPSA) is 31.9 Å². The molecule has 1 unspecified atom stereocenters. The second-order valence-corrected chi connectivity index (χ2v) is 3.85. The summed E-state index contributed by atoms with van der Waals surface area (Å²) in [5, 5.41) is 7.15. The van der Waals surface area contributed by atoms with Crippen LogP contribution in [-0.2, 0) is 13.0 Å². The first-order valence-corrected chi connectivity index (χ1v) is 5.06. The Balaban J connectivity index is 2.08. The number of H-pyrrole nitrogens is 1. The molecule has 13 heavy (non-hydrogen) atoms. The van der Waals surface area contributed by atoms with Crippen LogP contribution in [0.1, 0.15) is 31.5 Å². The van der Waals surface area contributed by atoms with Crippen LogP contribution in [-0.4, -0.2) is 27.7 Å². The molecule has 0 spiro atoms. The van der Waals surface area contributed by atoms with E-state index in [1.807, 2.05) is 6.20 Å². The van der Waals surface area contributed by atoms with E-state index < -0.39 is 0 Å². The van der Waals surface area contributed by atoms with Gasteiger partial charge in [-0.05, 0) is 25.3 Å². The summed E-state index contributed by atoms with van der Waals surface area (Å²) in [5.74, 6) is 0. The van der Waals surface area contributed by atoms with E-state index in [4.69, 9.17) is 0 Å². The van der Waals surface area contributed by atoms with Gasteiger partial charge < -0.3 is 0 Å². The highest BCUT2D eigenvalue weighted by molar-refractivity contribution is 5.19. The molecule has 0 fully saturated rings. The van der Waals surface area contributed by atoms with Crippen LogP contribution in [0.5, 0.6) is 0 Å². The molecule has 1 aliphatic rings. The number of aromatic nitrogens is 2. The van der Waals surface area contributed by atoms with Crippen LogP contribution in [0, 0.1) is 0 Å². The van der Waals surface area contributed by atoms with Gasteiger partial charge in [-0.2, -0.15) is 5.10 Å². The standard InChI is InChI=1S/C10H17N3/c1-3-8(2)13-5-4-9-6-11-12-10(9)7-13/h6,8H,3-5,7H2,1-2H3,(H,11,12). The van der Waals surface area contributed by atoms with Crippen molar-refractivity contribution in [1.82, 2.24) is 15.1 Å². The minimum absolute atomic E-state index is 0.691. The number of fused-ring (bicyclic) bond motifs is 1. The van der Waals surface area contributed by atoms with Gasteiger partial charge in [0.2, 0.25) is 0 Å². The van der Waals surface area contributed by atoms with E-state index in [1.165, 1.54) is 24.2 Å². The number of hydrogen-bond donors (Lipinski definition) is 1. The Morgan fingerprint density at radius 2 is 2.54 bits per heavy atom. The van der Waals surface area contributed by atoms with Gasteiger partial charge in [-0.15, -0.1) is 0 Å². The maximum Gasteiger partial charge on any atom is 0.0524 e. The van der Waals surface area contributed by atoms with E-state index in [1.54, 1.807) is 0 Å². The van der Waals surface area contributed by atoms with Gasteiger partial charge in [0.1, 0.15) is 0 Å². The molecular formula is C10H17N3. The van der Waals surface area contributed by atoms with Crippen molar-refractivity contribution in [3.63, 3.8) is 0 Å². The van der Waals surface area contributed by atoms with Gasteiger partial charge in [0, 0.05) is 19.1 Å². The average Bonchev–Trinajstić information content (AvgIpc) is 2.63. The highest BCUT2D eigenvalue weighted by atomic mass is 15.2.